The number of nitrogens with one attached hydrogen (secondary N) is 2. The second kappa shape index (κ2) is 14.6. The minimum Gasteiger partial charge on any atom is -0.482 e. The molecule has 1 aromatic rings. The van der Waals surface area contributed by atoms with Crippen molar-refractivity contribution in [2.24, 2.45) is 0 Å². The van der Waals surface area contributed by atoms with Crippen LogP contribution in [0.5, 0.6) is 5.75 Å². The van der Waals surface area contributed by atoms with E-state index in [-0.39, 0.29) is 5.57 Å². The van der Waals surface area contributed by atoms with Crippen LogP contribution in [0.4, 0.5) is 13.2 Å². The molecular weight excluding hydrogens is 553 g/mol. The van der Waals surface area contributed by atoms with Gasteiger partial charge in [0.1, 0.15) is 24.5 Å². The molecule has 2 atom stereocenters. The highest BCUT2D eigenvalue weighted by Crippen LogP contribution is 2.27. The quantitative estimate of drug-likeness (QED) is 0.336. The molecule has 0 bridgehead atoms. The van der Waals surface area contributed by atoms with Crippen LogP contribution in [0.25, 0.3) is 0 Å². The van der Waals surface area contributed by atoms with Crippen LogP contribution in [0.1, 0.15) is 25.3 Å². The van der Waals surface area contributed by atoms with Gasteiger partial charge < -0.3 is 20.5 Å². The molecule has 1 aromatic carbocycles. The van der Waals surface area contributed by atoms with Gasteiger partial charge in [0.05, 0.1) is 6.42 Å². The molecule has 220 valence electrons. The number of ether oxygens (including phenoxy) is 1. The minimum absolute atomic E-state index is 0.239. The number of rotatable bonds is 11. The Morgan fingerprint density at radius 3 is 2.40 bits per heavy atom. The summed E-state index contributed by atoms with van der Waals surface area (Å²) in [6, 6.07) is -2.51. The maximum Gasteiger partial charge on any atom is 0.305 e. The molecule has 0 fully saturated rings. The molecule has 0 aromatic heterocycles. The molecule has 0 aliphatic heterocycles. The highest BCUT2D eigenvalue weighted by molar-refractivity contribution is 6.00. The maximum absolute atomic E-state index is 14.1. The second-order valence-corrected chi connectivity index (χ2v) is 9.39. The SMILES string of the molecule is Cc1c(F)cc(F)c(F)c1OCC(=O)C(CC(=O)O)NC(=O)[C@H](C)NC(=O)C1=CC=CC=C(C2=CC=CC=CC2)C=C1. The molecule has 42 heavy (non-hydrogen) atoms. The van der Waals surface area contributed by atoms with Gasteiger partial charge in [-0.05, 0) is 43.6 Å². The molecule has 0 saturated carbocycles. The minimum atomic E-state index is -1.64. The van der Waals surface area contributed by atoms with E-state index in [1.165, 1.54) is 6.92 Å². The average molecular weight is 583 g/mol. The van der Waals surface area contributed by atoms with Gasteiger partial charge in [0.25, 0.3) is 5.91 Å². The smallest absolute Gasteiger partial charge is 0.305 e. The van der Waals surface area contributed by atoms with Gasteiger partial charge in [-0.1, -0.05) is 54.7 Å². The standard InChI is InChI=1S/C31H29F3N2O6/c1-18-23(32)15-24(33)28(34)29(18)42-17-26(37)25(16-27(38)39)36-30(40)19(2)35-31(41)22-12-8-7-11-21(13-14-22)20-9-5-3-4-6-10-20/h3-9,11-15,19,25H,10,16-17H2,1-2H3,(H,35,41)(H,36,40)(H,38,39)/t19-,25?/m0/s1. The predicted octanol–water partition coefficient (Wildman–Crippen LogP) is 4.25. The number of allylic oxidation sites excluding steroid dienone is 12. The zero-order valence-corrected chi connectivity index (χ0v) is 22.8. The van der Waals surface area contributed by atoms with Crippen LogP contribution in [-0.2, 0) is 19.2 Å². The van der Waals surface area contributed by atoms with E-state index in [0.717, 1.165) is 18.1 Å². The molecule has 0 spiro atoms. The molecule has 0 radical (unpaired) electrons. The first-order chi connectivity index (χ1) is 20.0. The molecule has 1 unspecified atom stereocenters. The Balaban J connectivity index is 1.64. The number of hydrogen-bond acceptors (Lipinski definition) is 5. The van der Waals surface area contributed by atoms with E-state index < -0.39 is 77.4 Å². The van der Waals surface area contributed by atoms with E-state index >= 15 is 0 Å². The van der Waals surface area contributed by atoms with Crippen LogP contribution in [0.2, 0.25) is 0 Å². The monoisotopic (exact) mass is 582 g/mol. The normalized spacial score (nSPS) is 15.7. The number of ketones is 1. The number of benzene rings is 1. The van der Waals surface area contributed by atoms with Gasteiger partial charge in [0.2, 0.25) is 11.7 Å². The summed E-state index contributed by atoms with van der Waals surface area (Å²) in [5, 5.41) is 14.0. The summed E-state index contributed by atoms with van der Waals surface area (Å²) in [6.45, 7) is 1.46. The molecule has 8 nitrogen and oxygen atoms in total. The second-order valence-electron chi connectivity index (χ2n) is 9.39. The van der Waals surface area contributed by atoms with Gasteiger partial charge in [-0.25, -0.2) is 8.78 Å². The zero-order chi connectivity index (χ0) is 30.8. The fourth-order valence-electron chi connectivity index (χ4n) is 3.91. The Kier molecular flexibility index (Phi) is 11.0. The third-order valence-electron chi connectivity index (χ3n) is 6.28. The molecule has 0 heterocycles. The van der Waals surface area contributed by atoms with Crippen LogP contribution in [-0.4, -0.2) is 47.4 Å². The molecule has 0 saturated heterocycles. The van der Waals surface area contributed by atoms with Crippen LogP contribution >= 0.6 is 0 Å². The Hall–Kier alpha value is -4.93. The number of halogens is 3. The van der Waals surface area contributed by atoms with Crippen molar-refractivity contribution in [2.75, 3.05) is 6.61 Å². The number of carboxylic acid groups (broad SMARTS) is 1. The van der Waals surface area contributed by atoms with E-state index in [4.69, 9.17) is 4.74 Å². The van der Waals surface area contributed by atoms with E-state index in [0.29, 0.717) is 12.5 Å². The highest BCUT2D eigenvalue weighted by atomic mass is 19.2. The van der Waals surface area contributed by atoms with Crippen LogP contribution in [0.3, 0.4) is 0 Å². The van der Waals surface area contributed by atoms with E-state index in [1.807, 2.05) is 36.5 Å². The van der Waals surface area contributed by atoms with Crippen molar-refractivity contribution in [1.29, 1.82) is 0 Å². The summed E-state index contributed by atoms with van der Waals surface area (Å²) in [4.78, 5) is 49.7. The number of carbonyl (C=O) groups excluding carboxylic acids is 3. The first-order valence-corrected chi connectivity index (χ1v) is 12.9. The van der Waals surface area contributed by atoms with E-state index in [1.54, 1.807) is 30.4 Å². The van der Waals surface area contributed by atoms with Gasteiger partial charge >= 0.3 is 5.97 Å². The number of Topliss-reactive ketones (excluding diaryl/α,β-unsaturated/α-hetero) is 1. The lowest BCUT2D eigenvalue weighted by molar-refractivity contribution is -0.140. The Labute approximate surface area is 240 Å². The molecule has 2 amide bonds. The Morgan fingerprint density at radius 1 is 0.952 bits per heavy atom. The first-order valence-electron chi connectivity index (χ1n) is 12.9. The average Bonchev–Trinajstić information content (AvgIpc) is 3.20. The van der Waals surface area contributed by atoms with Crippen LogP contribution in [0, 0.1) is 24.4 Å². The van der Waals surface area contributed by atoms with Gasteiger partial charge in [0, 0.05) is 17.2 Å². The Bertz CT molecular complexity index is 1460. The van der Waals surface area contributed by atoms with Gasteiger partial charge in [-0.2, -0.15) is 4.39 Å². The van der Waals surface area contributed by atoms with Crippen LogP contribution in [0.15, 0.2) is 89.6 Å². The van der Waals surface area contributed by atoms with Crippen LogP contribution < -0.4 is 15.4 Å². The number of aliphatic carboxylic acids is 1. The third kappa shape index (κ3) is 8.53. The van der Waals surface area contributed by atoms with Gasteiger partial charge in [-0.3, -0.25) is 19.2 Å². The molecule has 2 aliphatic carbocycles. The van der Waals surface area contributed by atoms with Crippen molar-refractivity contribution in [2.45, 2.75) is 38.8 Å². The van der Waals surface area contributed by atoms with Crippen molar-refractivity contribution >= 4 is 23.6 Å². The summed E-state index contributed by atoms with van der Waals surface area (Å²) in [7, 11) is 0. The van der Waals surface area contributed by atoms with Crippen molar-refractivity contribution in [3.63, 3.8) is 0 Å². The molecule has 3 N–H and O–H groups in total. The summed E-state index contributed by atoms with van der Waals surface area (Å²) in [5.74, 6) is -8.93. The van der Waals surface area contributed by atoms with Crippen molar-refractivity contribution in [3.05, 3.63) is 113 Å². The fraction of sp³-hybridized carbons (Fsp3) is 0.226. The van der Waals surface area contributed by atoms with Gasteiger partial charge in [0.15, 0.2) is 17.3 Å². The number of amides is 2. The molecular formula is C31H29F3N2O6. The zero-order valence-electron chi connectivity index (χ0n) is 22.8. The fourth-order valence-corrected chi connectivity index (χ4v) is 3.91. The predicted molar refractivity (Wildman–Crippen MR) is 149 cm³/mol. The lowest BCUT2D eigenvalue weighted by Crippen LogP contribution is -2.51. The molecule has 3 rings (SSSR count). The topological polar surface area (TPSA) is 122 Å². The van der Waals surface area contributed by atoms with Gasteiger partial charge in [-0.15, -0.1) is 0 Å². The lowest BCUT2D eigenvalue weighted by Gasteiger charge is -2.20. The molecule has 11 heteroatoms. The van der Waals surface area contributed by atoms with Crippen molar-refractivity contribution in [3.8, 4) is 5.75 Å². The third-order valence-corrected chi connectivity index (χ3v) is 6.28. The lowest BCUT2D eigenvalue weighted by atomic mass is 9.99. The summed E-state index contributed by atoms with van der Waals surface area (Å²) in [6.07, 6.45) is 19.8. The number of carbonyl (C=O) groups is 4. The first kappa shape index (κ1) is 31.6. The maximum atomic E-state index is 14.1. The summed E-state index contributed by atoms with van der Waals surface area (Å²) >= 11 is 0. The van der Waals surface area contributed by atoms with Crippen molar-refractivity contribution < 1.29 is 42.2 Å². The summed E-state index contributed by atoms with van der Waals surface area (Å²) in [5.41, 5.74) is 1.77. The Morgan fingerprint density at radius 2 is 1.67 bits per heavy atom. The summed E-state index contributed by atoms with van der Waals surface area (Å²) < 4.78 is 46.4. The molecule has 2 aliphatic rings. The van der Waals surface area contributed by atoms with Crippen molar-refractivity contribution in [1.82, 2.24) is 10.6 Å². The number of hydrogen-bond donors (Lipinski definition) is 3. The van der Waals surface area contributed by atoms with E-state index in [9.17, 15) is 37.5 Å². The largest absolute Gasteiger partial charge is 0.482 e. The number of carboxylic acids is 1. The van der Waals surface area contributed by atoms with E-state index in [2.05, 4.69) is 10.6 Å². The highest BCUT2D eigenvalue weighted by Gasteiger charge is 2.28.